The summed E-state index contributed by atoms with van der Waals surface area (Å²) in [5.74, 6) is -2.29. The number of hydrogen-bond acceptors (Lipinski definition) is 5. The maximum Gasteiger partial charge on any atom is 0.309 e. The van der Waals surface area contributed by atoms with Gasteiger partial charge >= 0.3 is 11.8 Å². The van der Waals surface area contributed by atoms with Crippen molar-refractivity contribution in [2.75, 3.05) is 13.1 Å². The third-order valence-corrected chi connectivity index (χ3v) is 5.45. The average molecular weight is 368 g/mol. The van der Waals surface area contributed by atoms with Gasteiger partial charge in [-0.25, -0.2) is 12.8 Å². The molecule has 25 heavy (non-hydrogen) atoms. The molecule has 0 aliphatic heterocycles. The fourth-order valence-corrected chi connectivity index (χ4v) is 3.72. The highest BCUT2D eigenvalue weighted by Gasteiger charge is 2.32. The number of sulfone groups is 1. The summed E-state index contributed by atoms with van der Waals surface area (Å²) in [5, 5.41) is 3.34. The Balaban J connectivity index is 2.26. The number of hydrogen-bond donors (Lipinski definition) is 2. The lowest BCUT2D eigenvalue weighted by atomic mass is 10.3. The fourth-order valence-electron chi connectivity index (χ4n) is 2.13. The Kier molecular flexibility index (Phi) is 5.92. The predicted octanol–water partition coefficient (Wildman–Crippen LogP) is 1.19. The van der Waals surface area contributed by atoms with Crippen LogP contribution in [0.25, 0.3) is 0 Å². The Bertz CT molecular complexity index is 832. The van der Waals surface area contributed by atoms with E-state index in [2.05, 4.69) is 10.6 Å². The number of amides is 2. The Morgan fingerprint density at radius 2 is 1.76 bits per heavy atom. The summed E-state index contributed by atoms with van der Waals surface area (Å²) in [6.45, 7) is 1.54. The van der Waals surface area contributed by atoms with Gasteiger partial charge in [-0.05, 0) is 43.3 Å². The Hall–Kier alpha value is -2.68. The van der Waals surface area contributed by atoms with Crippen molar-refractivity contribution in [3.63, 3.8) is 0 Å². The molecule has 2 aromatic rings. The first kappa shape index (κ1) is 18.7. The van der Waals surface area contributed by atoms with Gasteiger partial charge in [0.1, 0.15) is 16.8 Å². The molecule has 0 spiro atoms. The minimum absolute atomic E-state index is 0.0977. The smallest absolute Gasteiger partial charge is 0.309 e. The molecule has 0 bridgehead atoms. The number of benzene rings is 1. The average Bonchev–Trinajstić information content (AvgIpc) is 3.09. The molecule has 2 amide bonds. The van der Waals surface area contributed by atoms with Crippen molar-refractivity contribution in [1.82, 2.24) is 10.6 Å². The second-order valence-electron chi connectivity index (χ2n) is 5.07. The lowest BCUT2D eigenvalue weighted by Gasteiger charge is -2.16. The molecular weight excluding hydrogens is 351 g/mol. The Morgan fingerprint density at radius 1 is 1.12 bits per heavy atom. The molecule has 1 aromatic heterocycles. The van der Waals surface area contributed by atoms with Crippen LogP contribution in [-0.4, -0.2) is 33.3 Å². The maximum atomic E-state index is 13.0. The van der Waals surface area contributed by atoms with Crippen LogP contribution in [0, 0.1) is 5.82 Å². The van der Waals surface area contributed by atoms with Crippen LogP contribution in [0.1, 0.15) is 17.9 Å². The van der Waals surface area contributed by atoms with E-state index in [1.807, 2.05) is 0 Å². The molecule has 134 valence electrons. The van der Waals surface area contributed by atoms with E-state index < -0.39 is 32.7 Å². The van der Waals surface area contributed by atoms with Gasteiger partial charge in [-0.3, -0.25) is 9.59 Å². The number of rotatable bonds is 6. The SMILES string of the molecule is CCNC(=O)C(=O)NCC(c1ccco1)S(=O)(=O)c1ccc(F)cc1. The largest absolute Gasteiger partial charge is 0.468 e. The molecule has 2 rings (SSSR count). The minimum Gasteiger partial charge on any atom is -0.468 e. The molecule has 9 heteroatoms. The second kappa shape index (κ2) is 7.93. The van der Waals surface area contributed by atoms with Crippen LogP contribution in [0.15, 0.2) is 52.0 Å². The van der Waals surface area contributed by atoms with Gasteiger partial charge < -0.3 is 15.1 Å². The van der Waals surface area contributed by atoms with Crippen molar-refractivity contribution in [2.45, 2.75) is 17.1 Å². The van der Waals surface area contributed by atoms with Crippen molar-refractivity contribution >= 4 is 21.7 Å². The van der Waals surface area contributed by atoms with E-state index in [0.29, 0.717) is 0 Å². The first-order valence-electron chi connectivity index (χ1n) is 7.45. The highest BCUT2D eigenvalue weighted by atomic mass is 32.2. The molecule has 1 heterocycles. The molecule has 1 aromatic carbocycles. The fraction of sp³-hybridized carbons (Fsp3) is 0.250. The maximum absolute atomic E-state index is 13.0. The molecular formula is C16H17FN2O5S. The summed E-state index contributed by atoms with van der Waals surface area (Å²) in [7, 11) is -3.98. The highest BCUT2D eigenvalue weighted by molar-refractivity contribution is 7.91. The predicted molar refractivity (Wildman–Crippen MR) is 86.7 cm³/mol. The second-order valence-corrected chi connectivity index (χ2v) is 7.20. The molecule has 0 aliphatic carbocycles. The third kappa shape index (κ3) is 4.44. The van der Waals surface area contributed by atoms with E-state index in [1.165, 1.54) is 18.4 Å². The van der Waals surface area contributed by atoms with Gasteiger partial charge in [-0.1, -0.05) is 0 Å². The summed E-state index contributed by atoms with van der Waals surface area (Å²) in [6, 6.07) is 7.27. The number of likely N-dealkylation sites (N-methyl/N-ethyl adjacent to an activating group) is 1. The zero-order valence-corrected chi connectivity index (χ0v) is 14.2. The molecule has 1 atom stereocenters. The summed E-state index contributed by atoms with van der Waals surface area (Å²) >= 11 is 0. The summed E-state index contributed by atoms with van der Waals surface area (Å²) in [4.78, 5) is 23.1. The molecule has 1 unspecified atom stereocenters. The Morgan fingerprint density at radius 3 is 2.32 bits per heavy atom. The van der Waals surface area contributed by atoms with Crippen molar-refractivity contribution in [2.24, 2.45) is 0 Å². The monoisotopic (exact) mass is 368 g/mol. The van der Waals surface area contributed by atoms with Crippen molar-refractivity contribution < 1.29 is 26.8 Å². The lowest BCUT2D eigenvalue weighted by molar-refractivity contribution is -0.139. The van der Waals surface area contributed by atoms with E-state index >= 15 is 0 Å². The topological polar surface area (TPSA) is 105 Å². The van der Waals surface area contributed by atoms with Crippen LogP contribution in [0.4, 0.5) is 4.39 Å². The van der Waals surface area contributed by atoms with Crippen molar-refractivity contribution in [1.29, 1.82) is 0 Å². The van der Waals surface area contributed by atoms with Crippen LogP contribution in [0.2, 0.25) is 0 Å². The van der Waals surface area contributed by atoms with E-state index in [1.54, 1.807) is 6.92 Å². The van der Waals surface area contributed by atoms with Crippen LogP contribution < -0.4 is 10.6 Å². The molecule has 7 nitrogen and oxygen atoms in total. The highest BCUT2D eigenvalue weighted by Crippen LogP contribution is 2.29. The minimum atomic E-state index is -3.98. The normalized spacial score (nSPS) is 12.4. The van der Waals surface area contributed by atoms with Gasteiger partial charge in [0.15, 0.2) is 9.84 Å². The number of carbonyl (C=O) groups is 2. The molecule has 0 fully saturated rings. The van der Waals surface area contributed by atoms with E-state index in [4.69, 9.17) is 4.42 Å². The van der Waals surface area contributed by atoms with E-state index in [9.17, 15) is 22.4 Å². The lowest BCUT2D eigenvalue weighted by Crippen LogP contribution is -2.42. The van der Waals surface area contributed by atoms with E-state index in [-0.39, 0.29) is 23.7 Å². The number of halogens is 1. The molecule has 0 saturated heterocycles. The quantitative estimate of drug-likeness (QED) is 0.588. The van der Waals surface area contributed by atoms with Gasteiger partial charge in [0.2, 0.25) is 0 Å². The van der Waals surface area contributed by atoms with Gasteiger partial charge in [0.05, 0.1) is 11.2 Å². The summed E-state index contributed by atoms with van der Waals surface area (Å²) < 4.78 is 43.8. The van der Waals surface area contributed by atoms with Crippen LogP contribution >= 0.6 is 0 Å². The van der Waals surface area contributed by atoms with Crippen LogP contribution in [-0.2, 0) is 19.4 Å². The van der Waals surface area contributed by atoms with Gasteiger partial charge in [-0.15, -0.1) is 0 Å². The molecule has 0 radical (unpaired) electrons. The number of nitrogens with one attached hydrogen (secondary N) is 2. The van der Waals surface area contributed by atoms with Crippen molar-refractivity contribution in [3.8, 4) is 0 Å². The first-order chi connectivity index (χ1) is 11.9. The number of carbonyl (C=O) groups excluding carboxylic acids is 2. The Labute approximate surface area is 144 Å². The standard InChI is InChI=1S/C16H17FN2O5S/c1-2-18-15(20)16(21)19-10-14(13-4-3-9-24-13)25(22,23)12-7-5-11(17)6-8-12/h3-9,14H,2,10H2,1H3,(H,18,20)(H,19,21). The van der Waals surface area contributed by atoms with Crippen LogP contribution in [0.5, 0.6) is 0 Å². The zero-order chi connectivity index (χ0) is 18.4. The number of furan rings is 1. The third-order valence-electron chi connectivity index (χ3n) is 3.37. The van der Waals surface area contributed by atoms with E-state index in [0.717, 1.165) is 24.3 Å². The van der Waals surface area contributed by atoms with Gasteiger partial charge in [-0.2, -0.15) is 0 Å². The summed E-state index contributed by atoms with van der Waals surface area (Å²) in [5.41, 5.74) is 0. The first-order valence-corrected chi connectivity index (χ1v) is 8.99. The van der Waals surface area contributed by atoms with Gasteiger partial charge in [0.25, 0.3) is 0 Å². The molecule has 0 aliphatic rings. The summed E-state index contributed by atoms with van der Waals surface area (Å²) in [6.07, 6.45) is 1.30. The molecule has 0 saturated carbocycles. The van der Waals surface area contributed by atoms with Crippen molar-refractivity contribution in [3.05, 3.63) is 54.2 Å². The zero-order valence-electron chi connectivity index (χ0n) is 13.4. The van der Waals surface area contributed by atoms with Crippen LogP contribution in [0.3, 0.4) is 0 Å². The van der Waals surface area contributed by atoms with Gasteiger partial charge in [0, 0.05) is 13.1 Å². The molecule has 2 N–H and O–H groups in total.